The van der Waals surface area contributed by atoms with Gasteiger partial charge in [-0.25, -0.2) is 4.39 Å². The summed E-state index contributed by atoms with van der Waals surface area (Å²) in [4.78, 5) is 24.8. The zero-order valence-electron chi connectivity index (χ0n) is 17.0. The Morgan fingerprint density at radius 3 is 2.57 bits per heavy atom. The summed E-state index contributed by atoms with van der Waals surface area (Å²) in [6.45, 7) is 3.40. The number of ether oxygens (including phenoxy) is 1. The van der Waals surface area contributed by atoms with Gasteiger partial charge in [0, 0.05) is 36.3 Å². The average Bonchev–Trinajstić information content (AvgIpc) is 2.67. The van der Waals surface area contributed by atoms with Gasteiger partial charge in [-0.3, -0.25) is 9.59 Å². The van der Waals surface area contributed by atoms with Crippen LogP contribution in [0, 0.1) is 5.82 Å². The van der Waals surface area contributed by atoms with E-state index in [-0.39, 0.29) is 46.3 Å². The Hall–Kier alpha value is -1.90. The highest BCUT2D eigenvalue weighted by Gasteiger charge is 2.69. The van der Waals surface area contributed by atoms with E-state index >= 15 is 0 Å². The van der Waals surface area contributed by atoms with Crippen molar-refractivity contribution in [3.8, 4) is 5.75 Å². The normalized spacial score (nSPS) is 31.8. The fraction of sp³-hybridized carbons (Fsp3) is 0.619. The summed E-state index contributed by atoms with van der Waals surface area (Å²) in [5.41, 5.74) is -0.462. The first-order valence-corrected chi connectivity index (χ1v) is 10.9. The molecule has 9 heteroatoms. The predicted molar refractivity (Wildman–Crippen MR) is 111 cm³/mol. The van der Waals surface area contributed by atoms with Gasteiger partial charge in [0.05, 0.1) is 11.1 Å². The van der Waals surface area contributed by atoms with Crippen molar-refractivity contribution in [3.63, 3.8) is 0 Å². The lowest BCUT2D eigenvalue weighted by atomic mass is 9.44. The smallest absolute Gasteiger partial charge is 0.258 e. The number of amides is 2. The highest BCUT2D eigenvalue weighted by molar-refractivity contribution is 6.30. The minimum absolute atomic E-state index is 0.00741. The van der Waals surface area contributed by atoms with Crippen molar-refractivity contribution in [3.05, 3.63) is 29.0 Å². The molecule has 30 heavy (non-hydrogen) atoms. The van der Waals surface area contributed by atoms with Gasteiger partial charge in [0.1, 0.15) is 11.6 Å². The Morgan fingerprint density at radius 1 is 1.20 bits per heavy atom. The van der Waals surface area contributed by atoms with Gasteiger partial charge >= 0.3 is 0 Å². The van der Waals surface area contributed by atoms with E-state index in [1.54, 1.807) is 0 Å². The molecule has 7 nitrogen and oxygen atoms in total. The Kier molecular flexibility index (Phi) is 5.92. The number of benzene rings is 1. The van der Waals surface area contributed by atoms with Crippen LogP contribution < -0.4 is 26.0 Å². The van der Waals surface area contributed by atoms with Gasteiger partial charge in [-0.15, -0.1) is 0 Å². The summed E-state index contributed by atoms with van der Waals surface area (Å²) in [5.74, 6) is -0.575. The third-order valence-corrected chi connectivity index (χ3v) is 6.57. The molecule has 164 valence electrons. The van der Waals surface area contributed by atoms with Gasteiger partial charge in [-0.2, -0.15) is 0 Å². The second-order valence-corrected chi connectivity index (χ2v) is 9.25. The van der Waals surface area contributed by atoms with E-state index in [0.717, 1.165) is 44.7 Å². The third-order valence-electron chi connectivity index (χ3n) is 6.26. The van der Waals surface area contributed by atoms with Crippen LogP contribution in [0.1, 0.15) is 39.0 Å². The van der Waals surface area contributed by atoms with Crippen molar-refractivity contribution in [1.29, 1.82) is 0 Å². The number of carbonyl (C=O) groups excluding carboxylic acids is 2. The van der Waals surface area contributed by atoms with E-state index in [1.165, 1.54) is 12.1 Å². The summed E-state index contributed by atoms with van der Waals surface area (Å²) in [6.07, 6.45) is 4.40. The lowest BCUT2D eigenvalue weighted by Gasteiger charge is -2.70. The second kappa shape index (κ2) is 8.32. The second-order valence-electron chi connectivity index (χ2n) is 8.85. The van der Waals surface area contributed by atoms with Gasteiger partial charge < -0.3 is 26.0 Å². The molecule has 2 atom stereocenters. The van der Waals surface area contributed by atoms with E-state index in [9.17, 15) is 14.0 Å². The Balaban J connectivity index is 1.17. The van der Waals surface area contributed by atoms with Gasteiger partial charge in [-0.1, -0.05) is 24.9 Å². The molecule has 1 aromatic carbocycles. The number of rotatable bonds is 8. The van der Waals surface area contributed by atoms with Gasteiger partial charge in [0.2, 0.25) is 5.91 Å². The first kappa shape index (κ1) is 21.3. The molecule has 5 rings (SSSR count). The molecule has 0 spiro atoms. The SMILES string of the molecule is CCCC1CNC(C(=O)NC23CC(NC(=O)COc4ccc(Cl)c(F)c4)(C2)C3)CN1. The summed E-state index contributed by atoms with van der Waals surface area (Å²) in [5, 5.41) is 12.9. The summed E-state index contributed by atoms with van der Waals surface area (Å²) in [7, 11) is 0. The van der Waals surface area contributed by atoms with Crippen LogP contribution in [0.5, 0.6) is 5.75 Å². The molecular weight excluding hydrogens is 411 g/mol. The van der Waals surface area contributed by atoms with Crippen molar-refractivity contribution in [1.82, 2.24) is 21.3 Å². The highest BCUT2D eigenvalue weighted by Crippen LogP contribution is 2.60. The molecule has 4 N–H and O–H groups in total. The maximum atomic E-state index is 13.4. The maximum absolute atomic E-state index is 13.4. The van der Waals surface area contributed by atoms with Crippen LogP contribution in [0.3, 0.4) is 0 Å². The quantitative estimate of drug-likeness (QED) is 0.493. The first-order chi connectivity index (χ1) is 14.3. The Morgan fingerprint density at radius 2 is 1.93 bits per heavy atom. The molecule has 2 bridgehead atoms. The van der Waals surface area contributed by atoms with Crippen LogP contribution >= 0.6 is 11.6 Å². The summed E-state index contributed by atoms with van der Waals surface area (Å²) < 4.78 is 18.8. The van der Waals surface area contributed by atoms with E-state index in [1.807, 2.05) is 0 Å². The zero-order chi connectivity index (χ0) is 21.4. The Bertz CT molecular complexity index is 809. The summed E-state index contributed by atoms with van der Waals surface area (Å²) >= 11 is 5.63. The van der Waals surface area contributed by atoms with E-state index in [4.69, 9.17) is 16.3 Å². The zero-order valence-corrected chi connectivity index (χ0v) is 17.8. The topological polar surface area (TPSA) is 91.5 Å². The summed E-state index contributed by atoms with van der Waals surface area (Å²) in [6, 6.07) is 4.27. The number of nitrogens with one attached hydrogen (secondary N) is 4. The van der Waals surface area contributed by atoms with Crippen LogP contribution in [0.2, 0.25) is 5.02 Å². The molecule has 0 radical (unpaired) electrons. The fourth-order valence-electron chi connectivity index (χ4n) is 4.90. The third kappa shape index (κ3) is 4.40. The minimum atomic E-state index is -0.588. The van der Waals surface area contributed by atoms with Crippen LogP contribution in [0.25, 0.3) is 0 Å². The molecular formula is C21H28ClFN4O3. The average molecular weight is 439 g/mol. The molecule has 2 unspecified atom stereocenters. The van der Waals surface area contributed by atoms with Gasteiger partial charge in [0.15, 0.2) is 6.61 Å². The van der Waals surface area contributed by atoms with Crippen molar-refractivity contribution in [2.45, 2.75) is 62.2 Å². The largest absolute Gasteiger partial charge is 0.484 e. The maximum Gasteiger partial charge on any atom is 0.258 e. The van der Waals surface area contributed by atoms with E-state index in [2.05, 4.69) is 28.2 Å². The molecule has 4 aliphatic rings. The van der Waals surface area contributed by atoms with Crippen molar-refractivity contribution in [2.24, 2.45) is 0 Å². The molecule has 3 aliphatic carbocycles. The molecule has 1 saturated heterocycles. The van der Waals surface area contributed by atoms with Crippen LogP contribution in [0.15, 0.2) is 18.2 Å². The first-order valence-electron chi connectivity index (χ1n) is 10.5. The number of carbonyl (C=O) groups is 2. The van der Waals surface area contributed by atoms with E-state index in [0.29, 0.717) is 12.6 Å². The molecule has 1 aromatic rings. The number of hydrogen-bond acceptors (Lipinski definition) is 5. The predicted octanol–water partition coefficient (Wildman–Crippen LogP) is 1.50. The highest BCUT2D eigenvalue weighted by atomic mass is 35.5. The van der Waals surface area contributed by atoms with Gasteiger partial charge in [0.25, 0.3) is 5.91 Å². The van der Waals surface area contributed by atoms with E-state index < -0.39 is 5.82 Å². The lowest BCUT2D eigenvalue weighted by molar-refractivity contribution is -0.151. The van der Waals surface area contributed by atoms with Crippen molar-refractivity contribution in [2.75, 3.05) is 19.7 Å². The standard InChI is InChI=1S/C21H28ClFN4O3/c1-2-3-13-7-25-17(8-24-13)19(29)27-21-10-20(11-21,12-21)26-18(28)9-30-14-4-5-15(22)16(23)6-14/h4-6,13,17,24-25H,2-3,7-12H2,1H3,(H,26,28)(H,27,29). The molecule has 1 aliphatic heterocycles. The monoisotopic (exact) mass is 438 g/mol. The molecule has 0 aromatic heterocycles. The van der Waals surface area contributed by atoms with Gasteiger partial charge in [-0.05, 0) is 37.8 Å². The number of piperazine rings is 1. The molecule has 1 heterocycles. The molecule has 2 amide bonds. The van der Waals surface area contributed by atoms with Crippen molar-refractivity contribution >= 4 is 23.4 Å². The van der Waals surface area contributed by atoms with Crippen LogP contribution in [-0.2, 0) is 9.59 Å². The van der Waals surface area contributed by atoms with Crippen molar-refractivity contribution < 1.29 is 18.7 Å². The Labute approximate surface area is 180 Å². The number of halogens is 2. The van der Waals surface area contributed by atoms with Crippen LogP contribution in [0.4, 0.5) is 4.39 Å². The molecule has 3 saturated carbocycles. The molecule has 4 fully saturated rings. The minimum Gasteiger partial charge on any atom is -0.484 e. The van der Waals surface area contributed by atoms with Crippen LogP contribution in [-0.4, -0.2) is 54.7 Å². The fourth-order valence-corrected chi connectivity index (χ4v) is 5.02. The number of hydrogen-bond donors (Lipinski definition) is 4. The lowest BCUT2D eigenvalue weighted by Crippen LogP contribution is -2.84.